The van der Waals surface area contributed by atoms with Crippen LogP contribution in [0, 0.1) is 27.7 Å². The van der Waals surface area contributed by atoms with Gasteiger partial charge in [0.15, 0.2) is 0 Å². The van der Waals surface area contributed by atoms with Crippen LogP contribution in [0.15, 0.2) is 36.4 Å². The second-order valence-electron chi connectivity index (χ2n) is 8.67. The molecule has 32 heavy (non-hydrogen) atoms. The van der Waals surface area contributed by atoms with Crippen molar-refractivity contribution in [2.75, 3.05) is 33.4 Å². The minimum atomic E-state index is 0.0841. The molecular weight excluding hydrogens is 402 g/mol. The number of likely N-dealkylation sites (tertiary alicyclic amines) is 1. The van der Waals surface area contributed by atoms with Gasteiger partial charge in [0, 0.05) is 42.8 Å². The molecule has 0 atom stereocenters. The third-order valence-corrected chi connectivity index (χ3v) is 6.28. The molecule has 1 aliphatic heterocycles. The Labute approximate surface area is 189 Å². The predicted molar refractivity (Wildman–Crippen MR) is 125 cm³/mol. The fraction of sp³-hybridized carbons (Fsp3) is 0.385. The molecule has 0 radical (unpaired) electrons. The van der Waals surface area contributed by atoms with Gasteiger partial charge < -0.3 is 14.4 Å². The number of amides is 1. The fourth-order valence-electron chi connectivity index (χ4n) is 4.22. The third-order valence-electron chi connectivity index (χ3n) is 6.28. The van der Waals surface area contributed by atoms with Crippen molar-refractivity contribution < 1.29 is 14.3 Å². The van der Waals surface area contributed by atoms with Gasteiger partial charge in [-0.3, -0.25) is 9.89 Å². The second-order valence-corrected chi connectivity index (χ2v) is 8.67. The molecular formula is C26H31N3O3. The summed E-state index contributed by atoms with van der Waals surface area (Å²) in [5.41, 5.74) is 8.16. The number of hydrogen-bond acceptors (Lipinski definition) is 4. The van der Waals surface area contributed by atoms with Crippen LogP contribution in [0.25, 0.3) is 11.3 Å². The SMILES string of the molecule is COCCOc1n[nH]c(-c2cc(C(=O)N3CC(c4ccc(C)cc4)C3)c(C)cc2C)c1C. The molecule has 0 spiro atoms. The van der Waals surface area contributed by atoms with E-state index in [1.807, 2.05) is 24.8 Å². The molecule has 1 amide bonds. The van der Waals surface area contributed by atoms with E-state index in [4.69, 9.17) is 9.47 Å². The summed E-state index contributed by atoms with van der Waals surface area (Å²) in [6.07, 6.45) is 0. The zero-order valence-electron chi connectivity index (χ0n) is 19.5. The Bertz CT molecular complexity index is 1110. The van der Waals surface area contributed by atoms with Crippen LogP contribution in [0.2, 0.25) is 0 Å². The average molecular weight is 434 g/mol. The Morgan fingerprint density at radius 2 is 1.78 bits per heavy atom. The van der Waals surface area contributed by atoms with Crippen molar-refractivity contribution >= 4 is 5.91 Å². The predicted octanol–water partition coefficient (Wildman–Crippen LogP) is 4.58. The second kappa shape index (κ2) is 9.17. The van der Waals surface area contributed by atoms with Crippen LogP contribution in [-0.2, 0) is 4.74 Å². The van der Waals surface area contributed by atoms with Crippen LogP contribution in [0.3, 0.4) is 0 Å². The molecule has 1 fully saturated rings. The molecule has 1 aliphatic rings. The number of carbonyl (C=O) groups is 1. The van der Waals surface area contributed by atoms with E-state index in [2.05, 4.69) is 54.4 Å². The number of nitrogens with zero attached hydrogens (tertiary/aromatic N) is 2. The number of nitrogens with one attached hydrogen (secondary N) is 1. The first-order chi connectivity index (χ1) is 15.4. The number of aromatic nitrogens is 2. The lowest BCUT2D eigenvalue weighted by Crippen LogP contribution is -2.48. The van der Waals surface area contributed by atoms with Crippen LogP contribution < -0.4 is 4.74 Å². The molecule has 2 aromatic carbocycles. The van der Waals surface area contributed by atoms with Crippen molar-refractivity contribution in [3.05, 3.63) is 69.8 Å². The van der Waals surface area contributed by atoms with Crippen molar-refractivity contribution in [1.29, 1.82) is 0 Å². The Morgan fingerprint density at radius 3 is 2.47 bits per heavy atom. The highest BCUT2D eigenvalue weighted by Gasteiger charge is 2.33. The van der Waals surface area contributed by atoms with E-state index in [9.17, 15) is 4.79 Å². The molecule has 0 unspecified atom stereocenters. The largest absolute Gasteiger partial charge is 0.474 e. The normalized spacial score (nSPS) is 13.8. The standard InChI is InChI=1S/C26H31N3O3/c1-16-6-8-20(9-7-16)21-14-29(15-21)26(30)23-13-22(17(2)12-18(23)3)24-19(4)25(28-27-24)32-11-10-31-5/h6-9,12-13,21H,10-11,14-15H2,1-5H3,(H,27,28). The van der Waals surface area contributed by atoms with E-state index in [1.165, 1.54) is 11.1 Å². The molecule has 1 aromatic heterocycles. The van der Waals surface area contributed by atoms with E-state index in [0.29, 0.717) is 25.0 Å². The number of H-pyrrole nitrogens is 1. The number of rotatable bonds is 7. The quantitative estimate of drug-likeness (QED) is 0.554. The van der Waals surface area contributed by atoms with Crippen molar-refractivity contribution in [1.82, 2.24) is 15.1 Å². The molecule has 0 saturated carbocycles. The first-order valence-electron chi connectivity index (χ1n) is 11.0. The molecule has 0 aliphatic carbocycles. The van der Waals surface area contributed by atoms with E-state index in [-0.39, 0.29) is 5.91 Å². The summed E-state index contributed by atoms with van der Waals surface area (Å²) in [6.45, 7) is 10.6. The molecule has 1 saturated heterocycles. The smallest absolute Gasteiger partial charge is 0.254 e. The number of ether oxygens (including phenoxy) is 2. The Morgan fingerprint density at radius 1 is 1.06 bits per heavy atom. The minimum absolute atomic E-state index is 0.0841. The van der Waals surface area contributed by atoms with Gasteiger partial charge in [0.1, 0.15) is 6.61 Å². The summed E-state index contributed by atoms with van der Waals surface area (Å²) < 4.78 is 10.7. The minimum Gasteiger partial charge on any atom is -0.474 e. The maximum atomic E-state index is 13.3. The maximum absolute atomic E-state index is 13.3. The van der Waals surface area contributed by atoms with Crippen LogP contribution in [-0.4, -0.2) is 54.4 Å². The zero-order valence-corrected chi connectivity index (χ0v) is 19.5. The van der Waals surface area contributed by atoms with Crippen LogP contribution in [0.1, 0.15) is 44.1 Å². The Kier molecular flexibility index (Phi) is 6.33. The van der Waals surface area contributed by atoms with Gasteiger partial charge in [-0.1, -0.05) is 35.9 Å². The zero-order chi connectivity index (χ0) is 22.8. The van der Waals surface area contributed by atoms with Crippen LogP contribution in [0.4, 0.5) is 0 Å². The molecule has 4 rings (SSSR count). The van der Waals surface area contributed by atoms with Crippen molar-refractivity contribution in [3.63, 3.8) is 0 Å². The van der Waals surface area contributed by atoms with E-state index >= 15 is 0 Å². The highest BCUT2D eigenvalue weighted by Crippen LogP contribution is 2.34. The van der Waals surface area contributed by atoms with E-state index in [0.717, 1.165) is 46.6 Å². The number of aromatic amines is 1. The van der Waals surface area contributed by atoms with Gasteiger partial charge in [0.25, 0.3) is 5.91 Å². The van der Waals surface area contributed by atoms with E-state index < -0.39 is 0 Å². The topological polar surface area (TPSA) is 67.5 Å². The van der Waals surface area contributed by atoms with Crippen molar-refractivity contribution in [2.45, 2.75) is 33.6 Å². The van der Waals surface area contributed by atoms with Crippen LogP contribution >= 0.6 is 0 Å². The van der Waals surface area contributed by atoms with Crippen LogP contribution in [0.5, 0.6) is 5.88 Å². The number of aryl methyl sites for hydroxylation is 3. The highest BCUT2D eigenvalue weighted by molar-refractivity contribution is 5.98. The van der Waals surface area contributed by atoms with E-state index in [1.54, 1.807) is 7.11 Å². The fourth-order valence-corrected chi connectivity index (χ4v) is 4.22. The van der Waals surface area contributed by atoms with Gasteiger partial charge >= 0.3 is 0 Å². The summed E-state index contributed by atoms with van der Waals surface area (Å²) in [5, 5.41) is 7.41. The lowest BCUT2D eigenvalue weighted by molar-refractivity contribution is 0.0601. The lowest BCUT2D eigenvalue weighted by Gasteiger charge is -2.40. The third kappa shape index (κ3) is 4.28. The first-order valence-corrected chi connectivity index (χ1v) is 11.0. The molecule has 0 bridgehead atoms. The molecule has 2 heterocycles. The number of methoxy groups -OCH3 is 1. The van der Waals surface area contributed by atoms with Gasteiger partial charge in [0.05, 0.1) is 12.3 Å². The van der Waals surface area contributed by atoms with Crippen molar-refractivity contribution in [2.24, 2.45) is 0 Å². The molecule has 1 N–H and O–H groups in total. The Balaban J connectivity index is 1.53. The molecule has 3 aromatic rings. The monoisotopic (exact) mass is 433 g/mol. The summed E-state index contributed by atoms with van der Waals surface area (Å²) >= 11 is 0. The number of hydrogen-bond donors (Lipinski definition) is 1. The summed E-state index contributed by atoms with van der Waals surface area (Å²) in [5.74, 6) is 1.06. The Hall–Kier alpha value is -3.12. The summed E-state index contributed by atoms with van der Waals surface area (Å²) in [7, 11) is 1.64. The molecule has 6 nitrogen and oxygen atoms in total. The maximum Gasteiger partial charge on any atom is 0.254 e. The summed E-state index contributed by atoms with van der Waals surface area (Å²) in [6, 6.07) is 12.7. The molecule has 168 valence electrons. The number of benzene rings is 2. The van der Waals surface area contributed by atoms with Gasteiger partial charge in [-0.15, -0.1) is 5.10 Å². The average Bonchev–Trinajstić information content (AvgIpc) is 3.09. The molecule has 6 heteroatoms. The summed E-state index contributed by atoms with van der Waals surface area (Å²) in [4.78, 5) is 15.2. The lowest BCUT2D eigenvalue weighted by atomic mass is 9.89. The number of carbonyl (C=O) groups excluding carboxylic acids is 1. The van der Waals surface area contributed by atoms with Gasteiger partial charge in [-0.2, -0.15) is 0 Å². The van der Waals surface area contributed by atoms with Gasteiger partial charge in [0.2, 0.25) is 5.88 Å². The van der Waals surface area contributed by atoms with Gasteiger partial charge in [-0.05, 0) is 50.5 Å². The van der Waals surface area contributed by atoms with Crippen molar-refractivity contribution in [3.8, 4) is 17.1 Å². The van der Waals surface area contributed by atoms with Gasteiger partial charge in [-0.25, -0.2) is 0 Å². The highest BCUT2D eigenvalue weighted by atomic mass is 16.5. The first kappa shape index (κ1) is 22.1.